The molecule has 1 fully saturated rings. The van der Waals surface area contributed by atoms with Crippen molar-refractivity contribution < 1.29 is 9.53 Å². The second kappa shape index (κ2) is 10.1. The van der Waals surface area contributed by atoms with E-state index in [0.717, 1.165) is 50.1 Å². The summed E-state index contributed by atoms with van der Waals surface area (Å²) in [6, 6.07) is 18.8. The van der Waals surface area contributed by atoms with Crippen molar-refractivity contribution in [2.45, 2.75) is 51.0 Å². The van der Waals surface area contributed by atoms with Crippen LogP contribution < -0.4 is 4.74 Å². The molecule has 3 rings (SSSR count). The molecule has 1 heterocycles. The van der Waals surface area contributed by atoms with Crippen molar-refractivity contribution >= 4 is 6.29 Å². The highest BCUT2D eigenvalue weighted by Crippen LogP contribution is 2.36. The van der Waals surface area contributed by atoms with Crippen LogP contribution in [0.1, 0.15) is 56.6 Å². The lowest BCUT2D eigenvalue weighted by Gasteiger charge is -2.35. The lowest BCUT2D eigenvalue weighted by molar-refractivity contribution is -0.107. The van der Waals surface area contributed by atoms with Gasteiger partial charge in [0.25, 0.3) is 0 Å². The van der Waals surface area contributed by atoms with Crippen molar-refractivity contribution in [1.29, 1.82) is 0 Å². The fourth-order valence-corrected chi connectivity index (χ4v) is 3.79. The summed E-state index contributed by atoms with van der Waals surface area (Å²) >= 11 is 0. The minimum atomic E-state index is 0.363. The number of carbonyl (C=O) groups excluding carboxylic acids is 1. The zero-order chi connectivity index (χ0) is 18.0. The number of unbranched alkanes of at least 4 members (excludes halogenated alkanes) is 2. The Hall–Kier alpha value is -2.13. The van der Waals surface area contributed by atoms with Crippen LogP contribution in [0.5, 0.6) is 11.5 Å². The SMILES string of the molecule is O=CCCCCC(c1ccccc1Oc1ccccc1)N1CCCCC1. The molecule has 3 heteroatoms. The number of hydrogen-bond acceptors (Lipinski definition) is 3. The highest BCUT2D eigenvalue weighted by molar-refractivity contribution is 5.49. The van der Waals surface area contributed by atoms with E-state index < -0.39 is 0 Å². The van der Waals surface area contributed by atoms with Gasteiger partial charge in [-0.05, 0) is 57.0 Å². The first-order valence-corrected chi connectivity index (χ1v) is 9.88. The van der Waals surface area contributed by atoms with E-state index in [1.165, 1.54) is 24.8 Å². The maximum atomic E-state index is 10.6. The third-order valence-electron chi connectivity index (χ3n) is 5.13. The van der Waals surface area contributed by atoms with E-state index in [1.807, 2.05) is 36.4 Å². The molecule has 0 N–H and O–H groups in total. The lowest BCUT2D eigenvalue weighted by atomic mass is 9.95. The molecule has 0 aromatic heterocycles. The van der Waals surface area contributed by atoms with Gasteiger partial charge in [-0.2, -0.15) is 0 Å². The summed E-state index contributed by atoms with van der Waals surface area (Å²) in [5.74, 6) is 1.82. The Morgan fingerprint density at radius 1 is 0.923 bits per heavy atom. The van der Waals surface area contributed by atoms with Crippen molar-refractivity contribution in [1.82, 2.24) is 4.90 Å². The molecule has 3 nitrogen and oxygen atoms in total. The van der Waals surface area contributed by atoms with E-state index in [-0.39, 0.29) is 0 Å². The minimum Gasteiger partial charge on any atom is -0.457 e. The molecule has 0 aliphatic carbocycles. The number of aldehydes is 1. The Labute approximate surface area is 157 Å². The molecule has 1 aliphatic heterocycles. The van der Waals surface area contributed by atoms with E-state index in [4.69, 9.17) is 4.74 Å². The highest BCUT2D eigenvalue weighted by atomic mass is 16.5. The normalized spacial score (nSPS) is 16.2. The fraction of sp³-hybridized carbons (Fsp3) is 0.435. The third kappa shape index (κ3) is 5.18. The summed E-state index contributed by atoms with van der Waals surface area (Å²) in [5.41, 5.74) is 1.27. The first kappa shape index (κ1) is 18.7. The summed E-state index contributed by atoms with van der Waals surface area (Å²) in [6.07, 6.45) is 8.67. The predicted octanol–water partition coefficient (Wildman–Crippen LogP) is 5.77. The van der Waals surface area contributed by atoms with Crippen LogP contribution >= 0.6 is 0 Å². The highest BCUT2D eigenvalue weighted by Gasteiger charge is 2.24. The molecule has 1 aliphatic rings. The summed E-state index contributed by atoms with van der Waals surface area (Å²) in [5, 5.41) is 0. The molecule has 1 unspecified atom stereocenters. The largest absolute Gasteiger partial charge is 0.457 e. The van der Waals surface area contributed by atoms with Crippen molar-refractivity contribution in [2.24, 2.45) is 0 Å². The molecular weight excluding hydrogens is 322 g/mol. The van der Waals surface area contributed by atoms with Gasteiger partial charge < -0.3 is 9.53 Å². The maximum Gasteiger partial charge on any atom is 0.132 e. The Morgan fingerprint density at radius 2 is 1.65 bits per heavy atom. The van der Waals surface area contributed by atoms with Crippen molar-refractivity contribution in [3.05, 3.63) is 60.2 Å². The fourth-order valence-electron chi connectivity index (χ4n) is 3.79. The number of piperidine rings is 1. The van der Waals surface area contributed by atoms with Gasteiger partial charge in [-0.3, -0.25) is 4.90 Å². The predicted molar refractivity (Wildman–Crippen MR) is 106 cm³/mol. The molecular formula is C23H29NO2. The number of para-hydroxylation sites is 2. The molecule has 0 spiro atoms. The maximum absolute atomic E-state index is 10.6. The first-order valence-electron chi connectivity index (χ1n) is 9.88. The van der Waals surface area contributed by atoms with Crippen LogP contribution in [0.2, 0.25) is 0 Å². The van der Waals surface area contributed by atoms with Crippen LogP contribution in [-0.2, 0) is 4.79 Å². The van der Waals surface area contributed by atoms with Crippen LogP contribution in [0.3, 0.4) is 0 Å². The number of benzene rings is 2. The average Bonchev–Trinajstić information content (AvgIpc) is 2.70. The number of likely N-dealkylation sites (tertiary alicyclic amines) is 1. The molecule has 0 bridgehead atoms. The Morgan fingerprint density at radius 3 is 2.42 bits per heavy atom. The Bertz CT molecular complexity index is 665. The van der Waals surface area contributed by atoms with E-state index >= 15 is 0 Å². The summed E-state index contributed by atoms with van der Waals surface area (Å²) in [7, 11) is 0. The van der Waals surface area contributed by atoms with E-state index in [0.29, 0.717) is 12.5 Å². The molecule has 2 aromatic rings. The number of rotatable bonds is 9. The quantitative estimate of drug-likeness (QED) is 0.424. The second-order valence-corrected chi connectivity index (χ2v) is 7.02. The molecule has 0 saturated carbocycles. The van der Waals surface area contributed by atoms with Gasteiger partial charge in [0, 0.05) is 18.0 Å². The molecule has 2 aromatic carbocycles. The number of nitrogens with zero attached hydrogens (tertiary/aromatic N) is 1. The topological polar surface area (TPSA) is 29.5 Å². The molecule has 26 heavy (non-hydrogen) atoms. The van der Waals surface area contributed by atoms with Crippen molar-refractivity contribution in [2.75, 3.05) is 13.1 Å². The van der Waals surface area contributed by atoms with Crippen molar-refractivity contribution in [3.8, 4) is 11.5 Å². The van der Waals surface area contributed by atoms with Crippen LogP contribution in [0, 0.1) is 0 Å². The summed E-state index contributed by atoms with van der Waals surface area (Å²) < 4.78 is 6.23. The van der Waals surface area contributed by atoms with Gasteiger partial charge in [0.1, 0.15) is 17.8 Å². The van der Waals surface area contributed by atoms with Crippen LogP contribution in [-0.4, -0.2) is 24.3 Å². The number of ether oxygens (including phenoxy) is 1. The standard InChI is InChI=1S/C23H29NO2/c25-19-11-2-6-15-22(24-17-9-3-10-18-24)21-14-7-8-16-23(21)26-20-12-4-1-5-13-20/h1,4-5,7-8,12-14,16,19,22H,2-3,6,9-11,15,17-18H2. The number of hydrogen-bond donors (Lipinski definition) is 0. The van der Waals surface area contributed by atoms with Gasteiger partial charge in [0.05, 0.1) is 0 Å². The van der Waals surface area contributed by atoms with E-state index in [2.05, 4.69) is 23.1 Å². The Kier molecular flexibility index (Phi) is 7.26. The zero-order valence-corrected chi connectivity index (χ0v) is 15.5. The second-order valence-electron chi connectivity index (χ2n) is 7.02. The molecule has 1 saturated heterocycles. The van der Waals surface area contributed by atoms with Gasteiger partial charge in [-0.1, -0.05) is 49.2 Å². The Balaban J connectivity index is 1.81. The molecule has 0 amide bonds. The van der Waals surface area contributed by atoms with E-state index in [9.17, 15) is 4.79 Å². The summed E-state index contributed by atoms with van der Waals surface area (Å²) in [6.45, 7) is 2.30. The first-order chi connectivity index (χ1) is 12.9. The van der Waals surface area contributed by atoms with Gasteiger partial charge in [0.2, 0.25) is 0 Å². The van der Waals surface area contributed by atoms with Crippen molar-refractivity contribution in [3.63, 3.8) is 0 Å². The van der Waals surface area contributed by atoms with Gasteiger partial charge >= 0.3 is 0 Å². The smallest absolute Gasteiger partial charge is 0.132 e. The lowest BCUT2D eigenvalue weighted by Crippen LogP contribution is -2.34. The molecule has 0 radical (unpaired) electrons. The van der Waals surface area contributed by atoms with Gasteiger partial charge in [-0.25, -0.2) is 0 Å². The summed E-state index contributed by atoms with van der Waals surface area (Å²) in [4.78, 5) is 13.3. The van der Waals surface area contributed by atoms with Gasteiger partial charge in [-0.15, -0.1) is 0 Å². The number of carbonyl (C=O) groups is 1. The van der Waals surface area contributed by atoms with Gasteiger partial charge in [0.15, 0.2) is 0 Å². The zero-order valence-electron chi connectivity index (χ0n) is 15.5. The molecule has 1 atom stereocenters. The third-order valence-corrected chi connectivity index (χ3v) is 5.13. The molecule has 138 valence electrons. The average molecular weight is 351 g/mol. The minimum absolute atomic E-state index is 0.363. The van der Waals surface area contributed by atoms with Crippen LogP contribution in [0.15, 0.2) is 54.6 Å². The monoisotopic (exact) mass is 351 g/mol. The van der Waals surface area contributed by atoms with E-state index in [1.54, 1.807) is 0 Å². The van der Waals surface area contributed by atoms with Crippen LogP contribution in [0.4, 0.5) is 0 Å². The van der Waals surface area contributed by atoms with Crippen LogP contribution in [0.25, 0.3) is 0 Å².